The molecule has 3 nitrogen and oxygen atoms in total. The third-order valence-corrected chi connectivity index (χ3v) is 3.21. The number of aromatic nitrogens is 1. The van der Waals surface area contributed by atoms with Gasteiger partial charge in [-0.1, -0.05) is 6.07 Å². The van der Waals surface area contributed by atoms with Gasteiger partial charge in [0.25, 0.3) is 0 Å². The van der Waals surface area contributed by atoms with Crippen LogP contribution in [-0.2, 0) is 0 Å². The molecule has 20 heavy (non-hydrogen) atoms. The molecular formula is C16H19FN2O. The minimum absolute atomic E-state index is 0.0384. The SMILES string of the molecule is CCOc1cncc(C(NC)c2ccc(F)cc2C)c1. The van der Waals surface area contributed by atoms with Gasteiger partial charge in [0.1, 0.15) is 11.6 Å². The van der Waals surface area contributed by atoms with Crippen LogP contribution in [0.2, 0.25) is 0 Å². The van der Waals surface area contributed by atoms with Crippen LogP contribution >= 0.6 is 0 Å². The van der Waals surface area contributed by atoms with E-state index in [1.807, 2.05) is 27.0 Å². The number of rotatable bonds is 5. The Bertz CT molecular complexity index is 586. The first-order valence-electron chi connectivity index (χ1n) is 6.66. The van der Waals surface area contributed by atoms with Gasteiger partial charge in [-0.3, -0.25) is 4.98 Å². The van der Waals surface area contributed by atoms with E-state index >= 15 is 0 Å². The number of nitrogens with zero attached hydrogens (tertiary/aromatic N) is 1. The normalized spacial score (nSPS) is 12.2. The Hall–Kier alpha value is -1.94. The Morgan fingerprint density at radius 1 is 1.30 bits per heavy atom. The first-order valence-corrected chi connectivity index (χ1v) is 6.66. The minimum Gasteiger partial charge on any atom is -0.492 e. The second-order valence-corrected chi connectivity index (χ2v) is 4.61. The van der Waals surface area contributed by atoms with Gasteiger partial charge in [0.05, 0.1) is 18.8 Å². The molecule has 0 amide bonds. The van der Waals surface area contributed by atoms with Crippen LogP contribution in [0.15, 0.2) is 36.7 Å². The standard InChI is InChI=1S/C16H19FN2O/c1-4-20-14-8-12(9-19-10-14)16(18-3)15-6-5-13(17)7-11(15)2/h5-10,16,18H,4H2,1-3H3. The van der Waals surface area contributed by atoms with Crippen LogP contribution in [0.1, 0.15) is 29.7 Å². The highest BCUT2D eigenvalue weighted by molar-refractivity contribution is 5.38. The van der Waals surface area contributed by atoms with Crippen LogP contribution in [-0.4, -0.2) is 18.6 Å². The Morgan fingerprint density at radius 3 is 2.75 bits per heavy atom. The molecule has 1 heterocycles. The van der Waals surface area contributed by atoms with Crippen molar-refractivity contribution in [1.29, 1.82) is 0 Å². The molecule has 1 aromatic heterocycles. The maximum absolute atomic E-state index is 13.2. The van der Waals surface area contributed by atoms with Crippen LogP contribution in [0.25, 0.3) is 0 Å². The van der Waals surface area contributed by atoms with Crippen molar-refractivity contribution in [2.45, 2.75) is 19.9 Å². The van der Waals surface area contributed by atoms with Gasteiger partial charge in [-0.2, -0.15) is 0 Å². The number of ether oxygens (including phenoxy) is 1. The molecule has 1 N–H and O–H groups in total. The molecule has 0 bridgehead atoms. The number of hydrogen-bond donors (Lipinski definition) is 1. The Morgan fingerprint density at radius 2 is 2.10 bits per heavy atom. The average Bonchev–Trinajstić information content (AvgIpc) is 2.43. The molecule has 0 saturated heterocycles. The molecule has 2 aromatic rings. The van der Waals surface area contributed by atoms with Gasteiger partial charge in [-0.05, 0) is 55.8 Å². The largest absolute Gasteiger partial charge is 0.492 e. The molecule has 4 heteroatoms. The zero-order valence-electron chi connectivity index (χ0n) is 12.0. The summed E-state index contributed by atoms with van der Waals surface area (Å²) in [5.41, 5.74) is 2.93. The lowest BCUT2D eigenvalue weighted by atomic mass is 9.96. The summed E-state index contributed by atoms with van der Waals surface area (Å²) in [5.74, 6) is 0.521. The van der Waals surface area contributed by atoms with Gasteiger partial charge in [0.15, 0.2) is 0 Å². The predicted molar refractivity (Wildman–Crippen MR) is 77.4 cm³/mol. The number of benzene rings is 1. The summed E-state index contributed by atoms with van der Waals surface area (Å²) in [6, 6.07) is 6.74. The molecule has 0 radical (unpaired) electrons. The van der Waals surface area contributed by atoms with E-state index in [1.54, 1.807) is 24.5 Å². The second kappa shape index (κ2) is 6.48. The van der Waals surface area contributed by atoms with Gasteiger partial charge < -0.3 is 10.1 Å². The Kier molecular flexibility index (Phi) is 4.69. The van der Waals surface area contributed by atoms with Crippen molar-refractivity contribution in [1.82, 2.24) is 10.3 Å². The van der Waals surface area contributed by atoms with Crippen LogP contribution in [0.4, 0.5) is 4.39 Å². The topological polar surface area (TPSA) is 34.1 Å². The van der Waals surface area contributed by atoms with E-state index in [0.29, 0.717) is 6.61 Å². The number of halogens is 1. The highest BCUT2D eigenvalue weighted by atomic mass is 19.1. The molecule has 0 aliphatic carbocycles. The number of hydrogen-bond acceptors (Lipinski definition) is 3. The number of pyridine rings is 1. The quantitative estimate of drug-likeness (QED) is 0.909. The summed E-state index contributed by atoms with van der Waals surface area (Å²) in [7, 11) is 1.88. The first-order chi connectivity index (χ1) is 9.65. The zero-order valence-corrected chi connectivity index (χ0v) is 12.0. The van der Waals surface area contributed by atoms with Crippen LogP contribution in [0.5, 0.6) is 5.75 Å². The van der Waals surface area contributed by atoms with E-state index in [-0.39, 0.29) is 11.9 Å². The summed E-state index contributed by atoms with van der Waals surface area (Å²) in [5, 5.41) is 3.25. The summed E-state index contributed by atoms with van der Waals surface area (Å²) in [6.07, 6.45) is 3.49. The third-order valence-electron chi connectivity index (χ3n) is 3.21. The molecule has 0 fully saturated rings. The summed E-state index contributed by atoms with van der Waals surface area (Å²) < 4.78 is 18.7. The Balaban J connectivity index is 2.38. The molecule has 0 saturated carbocycles. The van der Waals surface area contributed by atoms with Gasteiger partial charge in [0.2, 0.25) is 0 Å². The predicted octanol–water partition coefficient (Wildman–Crippen LogP) is 3.24. The zero-order chi connectivity index (χ0) is 14.5. The van der Waals surface area contributed by atoms with Crippen molar-refractivity contribution in [3.8, 4) is 5.75 Å². The van der Waals surface area contributed by atoms with E-state index in [9.17, 15) is 4.39 Å². The summed E-state index contributed by atoms with van der Waals surface area (Å²) in [6.45, 7) is 4.44. The van der Waals surface area contributed by atoms with Crippen molar-refractivity contribution >= 4 is 0 Å². The monoisotopic (exact) mass is 274 g/mol. The lowest BCUT2D eigenvalue weighted by Gasteiger charge is -2.19. The molecule has 0 spiro atoms. The fourth-order valence-electron chi connectivity index (χ4n) is 2.30. The van der Waals surface area contributed by atoms with Crippen molar-refractivity contribution in [2.24, 2.45) is 0 Å². The minimum atomic E-state index is -0.220. The van der Waals surface area contributed by atoms with Gasteiger partial charge in [0, 0.05) is 6.20 Å². The van der Waals surface area contributed by atoms with E-state index in [0.717, 1.165) is 22.4 Å². The fourth-order valence-corrected chi connectivity index (χ4v) is 2.30. The average molecular weight is 274 g/mol. The van der Waals surface area contributed by atoms with Crippen LogP contribution in [0, 0.1) is 12.7 Å². The summed E-state index contributed by atoms with van der Waals surface area (Å²) in [4.78, 5) is 4.21. The highest BCUT2D eigenvalue weighted by Crippen LogP contribution is 2.26. The lowest BCUT2D eigenvalue weighted by molar-refractivity contribution is 0.338. The molecule has 1 atom stereocenters. The summed E-state index contributed by atoms with van der Waals surface area (Å²) >= 11 is 0. The molecule has 2 rings (SSSR count). The number of aryl methyl sites for hydroxylation is 1. The maximum atomic E-state index is 13.2. The molecule has 106 valence electrons. The maximum Gasteiger partial charge on any atom is 0.137 e. The van der Waals surface area contributed by atoms with E-state index in [4.69, 9.17) is 4.74 Å². The van der Waals surface area contributed by atoms with E-state index < -0.39 is 0 Å². The molecule has 1 aromatic carbocycles. The molecule has 0 aliphatic heterocycles. The van der Waals surface area contributed by atoms with Crippen LogP contribution in [0.3, 0.4) is 0 Å². The third kappa shape index (κ3) is 3.14. The van der Waals surface area contributed by atoms with E-state index in [2.05, 4.69) is 10.3 Å². The molecular weight excluding hydrogens is 255 g/mol. The van der Waals surface area contributed by atoms with Crippen molar-refractivity contribution in [3.63, 3.8) is 0 Å². The smallest absolute Gasteiger partial charge is 0.137 e. The van der Waals surface area contributed by atoms with Gasteiger partial charge in [-0.15, -0.1) is 0 Å². The fraction of sp³-hybridized carbons (Fsp3) is 0.312. The van der Waals surface area contributed by atoms with Crippen LogP contribution < -0.4 is 10.1 Å². The van der Waals surface area contributed by atoms with Gasteiger partial charge in [-0.25, -0.2) is 4.39 Å². The first kappa shape index (κ1) is 14.5. The Labute approximate surface area is 118 Å². The molecule has 0 aliphatic rings. The lowest BCUT2D eigenvalue weighted by Crippen LogP contribution is -2.19. The highest BCUT2D eigenvalue weighted by Gasteiger charge is 2.15. The van der Waals surface area contributed by atoms with Crippen molar-refractivity contribution < 1.29 is 9.13 Å². The number of nitrogens with one attached hydrogen (secondary N) is 1. The van der Waals surface area contributed by atoms with Crippen molar-refractivity contribution in [2.75, 3.05) is 13.7 Å². The van der Waals surface area contributed by atoms with Crippen molar-refractivity contribution in [3.05, 3.63) is 59.2 Å². The van der Waals surface area contributed by atoms with E-state index in [1.165, 1.54) is 6.07 Å². The molecule has 1 unspecified atom stereocenters. The van der Waals surface area contributed by atoms with Gasteiger partial charge >= 0.3 is 0 Å². The second-order valence-electron chi connectivity index (χ2n) is 4.61.